The van der Waals surface area contributed by atoms with E-state index in [1.165, 1.54) is 21.4 Å². The number of imidazole rings is 1. The highest BCUT2D eigenvalue weighted by Gasteiger charge is 2.19. The van der Waals surface area contributed by atoms with Crippen LogP contribution in [0.2, 0.25) is 0 Å². The summed E-state index contributed by atoms with van der Waals surface area (Å²) >= 11 is 0. The summed E-state index contributed by atoms with van der Waals surface area (Å²) in [6.07, 6.45) is 1.52. The summed E-state index contributed by atoms with van der Waals surface area (Å²) in [5.74, 6) is -0.404. The molecule has 0 amide bonds. The number of pyridine rings is 1. The van der Waals surface area contributed by atoms with Crippen LogP contribution in [0.1, 0.15) is 21.7 Å². The van der Waals surface area contributed by atoms with E-state index in [9.17, 15) is 14.7 Å². The molecule has 0 spiro atoms. The molecule has 2 aromatic heterocycles. The summed E-state index contributed by atoms with van der Waals surface area (Å²) in [5, 5.41) is 9.23. The van der Waals surface area contributed by atoms with Gasteiger partial charge in [0.15, 0.2) is 5.69 Å². The van der Waals surface area contributed by atoms with E-state index in [1.807, 2.05) is 30.3 Å². The van der Waals surface area contributed by atoms with Crippen LogP contribution < -0.4 is 10.3 Å². The lowest BCUT2D eigenvalue weighted by Gasteiger charge is -2.09. The molecule has 7 nitrogen and oxygen atoms in total. The Hall–Kier alpha value is -3.35. The number of rotatable bonds is 5. The molecule has 0 aliphatic rings. The lowest BCUT2D eigenvalue weighted by atomic mass is 10.2. The van der Waals surface area contributed by atoms with E-state index in [4.69, 9.17) is 4.74 Å². The Morgan fingerprint density at radius 3 is 2.56 bits per heavy atom. The number of aryl methyl sites for hydroxylation is 1. The maximum atomic E-state index is 12.4. The molecule has 0 radical (unpaired) electrons. The van der Waals surface area contributed by atoms with Crippen LogP contribution in [0.3, 0.4) is 0 Å². The summed E-state index contributed by atoms with van der Waals surface area (Å²) in [6.45, 7) is 1.95. The van der Waals surface area contributed by atoms with Gasteiger partial charge < -0.3 is 14.4 Å². The van der Waals surface area contributed by atoms with Crippen molar-refractivity contribution in [3.8, 4) is 11.7 Å². The third-order valence-electron chi connectivity index (χ3n) is 3.80. The van der Waals surface area contributed by atoms with Crippen molar-refractivity contribution < 1.29 is 14.6 Å². The molecule has 1 N–H and O–H groups in total. The number of carbonyl (C=O) groups is 1. The normalized spacial score (nSPS) is 10.6. The van der Waals surface area contributed by atoms with Crippen LogP contribution in [-0.2, 0) is 13.7 Å². The quantitative estimate of drug-likeness (QED) is 0.770. The summed E-state index contributed by atoms with van der Waals surface area (Å²) in [5.41, 5.74) is 1.04. The van der Waals surface area contributed by atoms with Gasteiger partial charge in [0.2, 0.25) is 5.95 Å². The second kappa shape index (κ2) is 6.64. The molecule has 0 fully saturated rings. The number of aromatic carboxylic acids is 1. The third-order valence-corrected chi connectivity index (χ3v) is 3.80. The lowest BCUT2D eigenvalue weighted by molar-refractivity contribution is 0.0685. The fourth-order valence-corrected chi connectivity index (χ4v) is 2.59. The molecule has 0 unspecified atom stereocenters. The molecule has 2 heterocycles. The molecular formula is C18H17N3O4. The summed E-state index contributed by atoms with van der Waals surface area (Å²) in [7, 11) is 1.56. The molecule has 0 saturated carbocycles. The minimum atomic E-state index is -1.09. The SMILES string of the molecule is Cc1nc(-n2ccc(OCc3ccccc3)cc2=O)n(C)c1C(=O)O. The number of carboxylic acids is 1. The second-order valence-corrected chi connectivity index (χ2v) is 5.55. The van der Waals surface area contributed by atoms with E-state index in [1.54, 1.807) is 20.0 Å². The number of aromatic nitrogens is 3. The van der Waals surface area contributed by atoms with E-state index >= 15 is 0 Å². The van der Waals surface area contributed by atoms with Crippen LogP contribution in [0.4, 0.5) is 0 Å². The Labute approximate surface area is 143 Å². The molecule has 0 aliphatic heterocycles. The molecule has 3 rings (SSSR count). The van der Waals surface area contributed by atoms with Crippen molar-refractivity contribution in [1.29, 1.82) is 0 Å². The van der Waals surface area contributed by atoms with Gasteiger partial charge >= 0.3 is 5.97 Å². The number of nitrogens with zero attached hydrogens (tertiary/aromatic N) is 3. The Morgan fingerprint density at radius 2 is 1.96 bits per heavy atom. The first-order chi connectivity index (χ1) is 12.0. The molecular weight excluding hydrogens is 322 g/mol. The highest BCUT2D eigenvalue weighted by molar-refractivity contribution is 5.87. The van der Waals surface area contributed by atoms with Crippen LogP contribution in [0, 0.1) is 6.92 Å². The first kappa shape index (κ1) is 16.5. The van der Waals surface area contributed by atoms with Gasteiger partial charge in [-0.15, -0.1) is 0 Å². The molecule has 128 valence electrons. The molecule has 25 heavy (non-hydrogen) atoms. The van der Waals surface area contributed by atoms with Gasteiger partial charge in [-0.2, -0.15) is 0 Å². The standard InChI is InChI=1S/C18H17N3O4/c1-12-16(17(23)24)20(2)18(19-12)21-9-8-14(10-15(21)22)25-11-13-6-4-3-5-7-13/h3-10H,11H2,1-2H3,(H,23,24). The first-order valence-electron chi connectivity index (χ1n) is 7.64. The number of carboxylic acid groups (broad SMARTS) is 1. The Morgan fingerprint density at radius 1 is 1.24 bits per heavy atom. The monoisotopic (exact) mass is 339 g/mol. The van der Waals surface area contributed by atoms with Crippen LogP contribution >= 0.6 is 0 Å². The van der Waals surface area contributed by atoms with Crippen LogP contribution in [-0.4, -0.2) is 25.2 Å². The van der Waals surface area contributed by atoms with Gasteiger partial charge in [0, 0.05) is 19.3 Å². The number of hydrogen-bond donors (Lipinski definition) is 1. The predicted molar refractivity (Wildman–Crippen MR) is 91.3 cm³/mol. The molecule has 0 bridgehead atoms. The van der Waals surface area contributed by atoms with Gasteiger partial charge in [0.1, 0.15) is 12.4 Å². The molecule has 7 heteroatoms. The maximum absolute atomic E-state index is 12.4. The van der Waals surface area contributed by atoms with E-state index in [0.717, 1.165) is 5.56 Å². The average Bonchev–Trinajstić information content (AvgIpc) is 2.88. The minimum absolute atomic E-state index is 0.0475. The van der Waals surface area contributed by atoms with E-state index < -0.39 is 5.97 Å². The predicted octanol–water partition coefficient (Wildman–Crippen LogP) is 2.16. The van der Waals surface area contributed by atoms with Gasteiger partial charge in [-0.25, -0.2) is 9.78 Å². The van der Waals surface area contributed by atoms with Gasteiger partial charge in [-0.3, -0.25) is 9.36 Å². The zero-order valence-corrected chi connectivity index (χ0v) is 13.8. The smallest absolute Gasteiger partial charge is 0.354 e. The maximum Gasteiger partial charge on any atom is 0.354 e. The highest BCUT2D eigenvalue weighted by atomic mass is 16.5. The van der Waals surface area contributed by atoms with Gasteiger partial charge in [-0.05, 0) is 18.6 Å². The molecule has 0 aliphatic carbocycles. The van der Waals surface area contributed by atoms with E-state index in [0.29, 0.717) is 18.1 Å². The molecule has 1 aromatic carbocycles. The summed E-state index contributed by atoms with van der Waals surface area (Å²) in [4.78, 5) is 27.8. The van der Waals surface area contributed by atoms with Gasteiger partial charge in [0.25, 0.3) is 5.56 Å². The summed E-state index contributed by atoms with van der Waals surface area (Å²) in [6, 6.07) is 12.6. The average molecular weight is 339 g/mol. The van der Waals surface area contributed by atoms with Crippen molar-refractivity contribution in [3.63, 3.8) is 0 Å². The number of ether oxygens (including phenoxy) is 1. The third kappa shape index (κ3) is 3.30. The largest absolute Gasteiger partial charge is 0.489 e. The van der Waals surface area contributed by atoms with Crippen molar-refractivity contribution in [1.82, 2.24) is 14.1 Å². The van der Waals surface area contributed by atoms with Crippen LogP contribution in [0.15, 0.2) is 53.5 Å². The van der Waals surface area contributed by atoms with E-state index in [-0.39, 0.29) is 17.2 Å². The number of hydrogen-bond acceptors (Lipinski definition) is 4. The second-order valence-electron chi connectivity index (χ2n) is 5.55. The number of benzene rings is 1. The fraction of sp³-hybridized carbons (Fsp3) is 0.167. The van der Waals surface area contributed by atoms with Crippen LogP contribution in [0.5, 0.6) is 5.75 Å². The molecule has 0 atom stereocenters. The minimum Gasteiger partial charge on any atom is -0.489 e. The summed E-state index contributed by atoms with van der Waals surface area (Å²) < 4.78 is 8.29. The Balaban J connectivity index is 1.87. The Kier molecular flexibility index (Phi) is 4.38. The molecule has 0 saturated heterocycles. The van der Waals surface area contributed by atoms with Gasteiger partial charge in [0.05, 0.1) is 5.69 Å². The zero-order valence-electron chi connectivity index (χ0n) is 13.8. The van der Waals surface area contributed by atoms with Crippen LogP contribution in [0.25, 0.3) is 5.95 Å². The van der Waals surface area contributed by atoms with E-state index in [2.05, 4.69) is 4.98 Å². The Bertz CT molecular complexity index is 974. The fourth-order valence-electron chi connectivity index (χ4n) is 2.59. The topological polar surface area (TPSA) is 86.4 Å². The highest BCUT2D eigenvalue weighted by Crippen LogP contribution is 2.15. The lowest BCUT2D eigenvalue weighted by Crippen LogP contribution is -2.20. The van der Waals surface area contributed by atoms with Gasteiger partial charge in [-0.1, -0.05) is 30.3 Å². The van der Waals surface area contributed by atoms with Crippen molar-refractivity contribution in [3.05, 3.63) is 76.0 Å². The molecule has 3 aromatic rings. The van der Waals surface area contributed by atoms with Crippen molar-refractivity contribution in [2.75, 3.05) is 0 Å². The van der Waals surface area contributed by atoms with Crippen molar-refractivity contribution >= 4 is 5.97 Å². The van der Waals surface area contributed by atoms with Crippen molar-refractivity contribution in [2.24, 2.45) is 7.05 Å². The van der Waals surface area contributed by atoms with Crippen molar-refractivity contribution in [2.45, 2.75) is 13.5 Å². The first-order valence-corrected chi connectivity index (χ1v) is 7.64. The zero-order chi connectivity index (χ0) is 18.0.